The van der Waals surface area contributed by atoms with E-state index in [0.717, 1.165) is 24.3 Å². The van der Waals surface area contributed by atoms with Crippen molar-refractivity contribution in [2.45, 2.75) is 0 Å². The van der Waals surface area contributed by atoms with Crippen molar-refractivity contribution in [1.82, 2.24) is 0 Å². The van der Waals surface area contributed by atoms with E-state index >= 15 is 0 Å². The highest BCUT2D eigenvalue weighted by atomic mass is 17.0. The average Bonchev–Trinajstić information content (AvgIpc) is 2.59. The summed E-state index contributed by atoms with van der Waals surface area (Å²) in [5.41, 5.74) is 0.242. The Morgan fingerprint density at radius 2 is 1.32 bits per heavy atom. The molecule has 0 aromatic heterocycles. The lowest BCUT2D eigenvalue weighted by Crippen LogP contribution is -2.09. The van der Waals surface area contributed by atoms with Crippen LogP contribution in [-0.4, -0.2) is 21.0 Å². The molecule has 0 saturated heterocycles. The Hall–Kier alpha value is -4.55. The second-order valence-corrected chi connectivity index (χ2v) is 4.87. The summed E-state index contributed by atoms with van der Waals surface area (Å²) < 4.78 is 0. The standard InChI is InChI=1S/C15H9N3O10/c19-14(8-3-10-1-4-11(5-2-10)26-16(20)21)13-7-6-12(27-17(22)23)9-15(13)28-18(24)25/h1-9H/b8-3+. The summed E-state index contributed by atoms with van der Waals surface area (Å²) in [6.45, 7) is 0. The number of hydrogen-bond donors (Lipinski definition) is 0. The van der Waals surface area contributed by atoms with Gasteiger partial charge in [-0.2, -0.15) is 0 Å². The zero-order chi connectivity index (χ0) is 20.7. The normalized spacial score (nSPS) is 10.3. The van der Waals surface area contributed by atoms with Crippen LogP contribution in [0.15, 0.2) is 48.5 Å². The third-order valence-corrected chi connectivity index (χ3v) is 3.06. The van der Waals surface area contributed by atoms with E-state index in [4.69, 9.17) is 0 Å². The van der Waals surface area contributed by atoms with Crippen molar-refractivity contribution >= 4 is 11.9 Å². The van der Waals surface area contributed by atoms with Crippen LogP contribution in [0.1, 0.15) is 15.9 Å². The molecule has 2 aromatic rings. The lowest BCUT2D eigenvalue weighted by Gasteiger charge is -2.07. The van der Waals surface area contributed by atoms with Crippen LogP contribution in [0.3, 0.4) is 0 Å². The van der Waals surface area contributed by atoms with Gasteiger partial charge in [0, 0.05) is 0 Å². The Morgan fingerprint density at radius 3 is 1.89 bits per heavy atom. The maximum absolute atomic E-state index is 12.3. The van der Waals surface area contributed by atoms with Crippen molar-refractivity contribution in [1.29, 1.82) is 0 Å². The van der Waals surface area contributed by atoms with Gasteiger partial charge in [0.05, 0.1) is 5.56 Å². The molecule has 2 rings (SSSR count). The molecule has 0 N–H and O–H groups in total. The molecule has 0 bridgehead atoms. The van der Waals surface area contributed by atoms with E-state index in [9.17, 15) is 35.1 Å². The summed E-state index contributed by atoms with van der Waals surface area (Å²) in [6.07, 6.45) is 2.41. The number of allylic oxidation sites excluding steroid dienone is 1. The molecular weight excluding hydrogens is 382 g/mol. The minimum absolute atomic E-state index is 0.0171. The van der Waals surface area contributed by atoms with Crippen LogP contribution < -0.4 is 14.5 Å². The highest BCUT2D eigenvalue weighted by molar-refractivity contribution is 6.08. The van der Waals surface area contributed by atoms with Crippen molar-refractivity contribution in [3.05, 3.63) is 90.0 Å². The van der Waals surface area contributed by atoms with Gasteiger partial charge in [-0.05, 0) is 42.0 Å². The van der Waals surface area contributed by atoms with E-state index < -0.39 is 26.8 Å². The minimum atomic E-state index is -1.18. The van der Waals surface area contributed by atoms with Gasteiger partial charge >= 0.3 is 0 Å². The number of hydrogen-bond acceptors (Lipinski definition) is 10. The van der Waals surface area contributed by atoms with Crippen molar-refractivity contribution in [2.75, 3.05) is 0 Å². The fourth-order valence-corrected chi connectivity index (χ4v) is 1.99. The van der Waals surface area contributed by atoms with Gasteiger partial charge in [0.1, 0.15) is 17.2 Å². The number of nitrogens with zero attached hydrogens (tertiary/aromatic N) is 3. The van der Waals surface area contributed by atoms with Crippen molar-refractivity contribution < 1.29 is 34.6 Å². The van der Waals surface area contributed by atoms with Crippen LogP contribution in [0.4, 0.5) is 0 Å². The first-order chi connectivity index (χ1) is 13.2. The number of ketones is 1. The molecule has 0 radical (unpaired) electrons. The molecule has 0 amide bonds. The molecule has 0 aliphatic heterocycles. The number of benzene rings is 2. The van der Waals surface area contributed by atoms with Gasteiger partial charge in [0.15, 0.2) is 5.78 Å². The SMILES string of the molecule is O=C(/C=C/c1ccc(O[N+](=O)[O-])cc1)c1ccc(O[N+](=O)[O-])cc1O[N+](=O)[O-]. The molecule has 0 atom stereocenters. The first-order valence-electron chi connectivity index (χ1n) is 7.18. The molecule has 0 saturated carbocycles. The Balaban J connectivity index is 2.22. The number of carbonyl (C=O) groups is 1. The smallest absolute Gasteiger partial charge is 0.289 e. The number of rotatable bonds is 9. The molecule has 144 valence electrons. The van der Waals surface area contributed by atoms with E-state index in [1.54, 1.807) is 0 Å². The summed E-state index contributed by atoms with van der Waals surface area (Å²) in [4.78, 5) is 56.1. The van der Waals surface area contributed by atoms with Gasteiger partial charge in [-0.15, -0.1) is 30.3 Å². The van der Waals surface area contributed by atoms with Crippen molar-refractivity contribution in [3.63, 3.8) is 0 Å². The predicted octanol–water partition coefficient (Wildman–Crippen LogP) is 2.29. The van der Waals surface area contributed by atoms with Crippen LogP contribution in [0.2, 0.25) is 0 Å². The topological polar surface area (TPSA) is 174 Å². The molecule has 0 aliphatic carbocycles. The van der Waals surface area contributed by atoms with Crippen LogP contribution >= 0.6 is 0 Å². The third-order valence-electron chi connectivity index (χ3n) is 3.06. The van der Waals surface area contributed by atoms with Crippen molar-refractivity contribution in [3.8, 4) is 17.2 Å². The second-order valence-electron chi connectivity index (χ2n) is 4.87. The Bertz CT molecular complexity index is 955. The second kappa shape index (κ2) is 8.70. The third kappa shape index (κ3) is 5.76. The van der Waals surface area contributed by atoms with E-state index in [-0.39, 0.29) is 17.1 Å². The highest BCUT2D eigenvalue weighted by Gasteiger charge is 2.15. The van der Waals surface area contributed by atoms with E-state index in [2.05, 4.69) is 14.5 Å². The Kier molecular flexibility index (Phi) is 6.15. The van der Waals surface area contributed by atoms with E-state index in [1.807, 2.05) is 0 Å². The summed E-state index contributed by atoms with van der Waals surface area (Å²) in [5, 5.41) is 27.9. The molecule has 0 aliphatic rings. The van der Waals surface area contributed by atoms with E-state index in [1.165, 1.54) is 30.3 Å². The van der Waals surface area contributed by atoms with Crippen LogP contribution in [0.5, 0.6) is 17.2 Å². The van der Waals surface area contributed by atoms with Crippen molar-refractivity contribution in [2.24, 2.45) is 0 Å². The van der Waals surface area contributed by atoms with Gasteiger partial charge in [-0.3, -0.25) is 19.3 Å². The first kappa shape index (κ1) is 19.8. The first-order valence-corrected chi connectivity index (χ1v) is 7.18. The average molecular weight is 391 g/mol. The van der Waals surface area contributed by atoms with Crippen LogP contribution in [0, 0.1) is 30.3 Å². The van der Waals surface area contributed by atoms with E-state index in [0.29, 0.717) is 5.56 Å². The van der Waals surface area contributed by atoms with Gasteiger partial charge in [0.25, 0.3) is 15.3 Å². The molecule has 0 fully saturated rings. The molecule has 28 heavy (non-hydrogen) atoms. The molecule has 0 spiro atoms. The maximum atomic E-state index is 12.3. The Labute approximate surface area is 154 Å². The monoisotopic (exact) mass is 391 g/mol. The van der Waals surface area contributed by atoms with Crippen LogP contribution in [-0.2, 0) is 0 Å². The van der Waals surface area contributed by atoms with Crippen LogP contribution in [0.25, 0.3) is 6.08 Å². The molecule has 13 nitrogen and oxygen atoms in total. The fraction of sp³-hybridized carbons (Fsp3) is 0. The van der Waals surface area contributed by atoms with Gasteiger partial charge in [-0.25, -0.2) is 0 Å². The lowest BCUT2D eigenvalue weighted by atomic mass is 10.1. The zero-order valence-electron chi connectivity index (χ0n) is 13.6. The molecule has 0 heterocycles. The predicted molar refractivity (Wildman–Crippen MR) is 89.1 cm³/mol. The summed E-state index contributed by atoms with van der Waals surface area (Å²) in [6, 6.07) is 8.45. The molecule has 13 heteroatoms. The maximum Gasteiger partial charge on any atom is 0.299 e. The lowest BCUT2D eigenvalue weighted by molar-refractivity contribution is -0.713. The van der Waals surface area contributed by atoms with Gasteiger partial charge in [0.2, 0.25) is 0 Å². The van der Waals surface area contributed by atoms with Gasteiger partial charge in [-0.1, -0.05) is 18.2 Å². The summed E-state index contributed by atoms with van der Waals surface area (Å²) in [7, 11) is 0. The minimum Gasteiger partial charge on any atom is -0.289 e. The molecule has 2 aromatic carbocycles. The fourth-order valence-electron chi connectivity index (χ4n) is 1.99. The highest BCUT2D eigenvalue weighted by Crippen LogP contribution is 2.26. The Morgan fingerprint density at radius 1 is 0.786 bits per heavy atom. The summed E-state index contributed by atoms with van der Waals surface area (Å²) >= 11 is 0. The summed E-state index contributed by atoms with van der Waals surface area (Å²) in [5.74, 6) is -1.64. The molecular formula is C15H9N3O10. The number of carbonyl (C=O) groups excluding carboxylic acids is 1. The molecule has 0 unspecified atom stereocenters. The quantitative estimate of drug-likeness (QED) is 0.267. The largest absolute Gasteiger partial charge is 0.299 e. The van der Waals surface area contributed by atoms with Gasteiger partial charge < -0.3 is 0 Å². The zero-order valence-corrected chi connectivity index (χ0v) is 13.6.